The van der Waals surface area contributed by atoms with Gasteiger partial charge in [0, 0.05) is 49.3 Å². The third-order valence-electron chi connectivity index (χ3n) is 7.11. The lowest BCUT2D eigenvalue weighted by atomic mass is 10.0. The lowest BCUT2D eigenvalue weighted by Crippen LogP contribution is -2.24. The number of ether oxygens (including phenoxy) is 1. The number of nitrogens with two attached hydrogens (primary N) is 1. The van der Waals surface area contributed by atoms with Crippen molar-refractivity contribution in [1.82, 2.24) is 9.97 Å². The average molecular weight is 425 g/mol. The number of rotatable bonds is 4. The summed E-state index contributed by atoms with van der Waals surface area (Å²) in [7, 11) is 1.95. The highest BCUT2D eigenvalue weighted by atomic mass is 16.5. The van der Waals surface area contributed by atoms with E-state index in [9.17, 15) is 5.26 Å². The van der Waals surface area contributed by atoms with Crippen LogP contribution in [-0.4, -0.2) is 36.1 Å². The van der Waals surface area contributed by atoms with Crippen LogP contribution in [0.5, 0.6) is 11.8 Å². The van der Waals surface area contributed by atoms with E-state index in [1.165, 1.54) is 11.1 Å². The Kier molecular flexibility index (Phi) is 4.14. The lowest BCUT2D eigenvalue weighted by Gasteiger charge is -2.22. The fourth-order valence-electron chi connectivity index (χ4n) is 5.22. The number of nitriles is 1. The third kappa shape index (κ3) is 2.91. The molecule has 0 radical (unpaired) electrons. The minimum atomic E-state index is 0.230. The number of hydrogen-bond donors (Lipinski definition) is 2. The first-order valence-electron chi connectivity index (χ1n) is 11.0. The van der Waals surface area contributed by atoms with Crippen molar-refractivity contribution in [3.05, 3.63) is 59.3 Å². The van der Waals surface area contributed by atoms with Gasteiger partial charge in [-0.25, -0.2) is 0 Å². The van der Waals surface area contributed by atoms with Crippen LogP contribution in [0.15, 0.2) is 42.5 Å². The Morgan fingerprint density at radius 2 is 2.09 bits per heavy atom. The summed E-state index contributed by atoms with van der Waals surface area (Å²) in [6.07, 6.45) is 2.91. The number of benzene rings is 2. The molecule has 2 fully saturated rings. The van der Waals surface area contributed by atoms with Crippen molar-refractivity contribution in [3.63, 3.8) is 0 Å². The molecule has 2 heterocycles. The van der Waals surface area contributed by atoms with Gasteiger partial charge in [-0.15, -0.1) is 0 Å². The highest BCUT2D eigenvalue weighted by molar-refractivity contribution is 5.88. The molecule has 160 valence electrons. The summed E-state index contributed by atoms with van der Waals surface area (Å²) >= 11 is 0. The maximum Gasteiger partial charge on any atom is 0.324 e. The zero-order valence-electron chi connectivity index (χ0n) is 17.9. The normalized spacial score (nSPS) is 22.4. The molecular formula is C25H24N6O. The first kappa shape index (κ1) is 19.1. The van der Waals surface area contributed by atoms with Gasteiger partial charge in [0.25, 0.3) is 0 Å². The van der Waals surface area contributed by atoms with Crippen LogP contribution in [0.4, 0.5) is 11.5 Å². The molecule has 32 heavy (non-hydrogen) atoms. The molecule has 1 aromatic heterocycles. The Bertz CT molecular complexity index is 1280. The van der Waals surface area contributed by atoms with Crippen molar-refractivity contribution in [1.29, 1.82) is 5.26 Å². The molecule has 1 aliphatic heterocycles. The summed E-state index contributed by atoms with van der Waals surface area (Å²) in [6, 6.07) is 16.1. The van der Waals surface area contributed by atoms with Crippen molar-refractivity contribution >= 4 is 11.5 Å². The molecule has 2 atom stereocenters. The summed E-state index contributed by atoms with van der Waals surface area (Å²) in [5.74, 6) is 1.48. The van der Waals surface area contributed by atoms with Gasteiger partial charge in [0.1, 0.15) is 11.6 Å². The fourth-order valence-corrected chi connectivity index (χ4v) is 5.22. The zero-order valence-corrected chi connectivity index (χ0v) is 17.9. The monoisotopic (exact) mass is 424 g/mol. The smallest absolute Gasteiger partial charge is 0.324 e. The second kappa shape index (κ2) is 6.94. The standard InChI is InChI=1S/C25H24N6O/c1-28-19-7-3-6-17-18(19)11-20-22(17)23(31-9-8-25(14-31)12-21(25)27)30-24(29-20)32-16-5-2-4-15(10-16)13-26/h2-7,10,21,28H,8-9,11-12,14,27H2,1H3. The van der Waals surface area contributed by atoms with Crippen molar-refractivity contribution in [3.8, 4) is 29.0 Å². The van der Waals surface area contributed by atoms with Gasteiger partial charge in [-0.05, 0) is 48.2 Å². The minimum Gasteiger partial charge on any atom is -0.424 e. The molecule has 1 spiro atoms. The molecule has 2 aromatic carbocycles. The molecule has 7 nitrogen and oxygen atoms in total. The van der Waals surface area contributed by atoms with Gasteiger partial charge in [-0.3, -0.25) is 0 Å². The van der Waals surface area contributed by atoms with Gasteiger partial charge in [0.15, 0.2) is 0 Å². The highest BCUT2D eigenvalue weighted by Crippen LogP contribution is 2.54. The molecule has 7 heteroatoms. The number of anilines is 2. The number of hydrogen-bond acceptors (Lipinski definition) is 7. The molecule has 0 bridgehead atoms. The van der Waals surface area contributed by atoms with Crippen LogP contribution in [0, 0.1) is 16.7 Å². The maximum absolute atomic E-state index is 9.21. The van der Waals surface area contributed by atoms with Crippen molar-refractivity contribution < 1.29 is 4.74 Å². The quantitative estimate of drug-likeness (QED) is 0.515. The van der Waals surface area contributed by atoms with E-state index in [0.29, 0.717) is 17.3 Å². The number of nitrogens with one attached hydrogen (secondary N) is 1. The topological polar surface area (TPSA) is 100 Å². The van der Waals surface area contributed by atoms with Crippen LogP contribution in [0.25, 0.3) is 11.1 Å². The van der Waals surface area contributed by atoms with Gasteiger partial charge in [0.2, 0.25) is 0 Å². The van der Waals surface area contributed by atoms with E-state index < -0.39 is 0 Å². The fraction of sp³-hybridized carbons (Fsp3) is 0.320. The number of fused-ring (bicyclic) bond motifs is 3. The second-order valence-electron chi connectivity index (χ2n) is 9.00. The molecule has 2 unspecified atom stereocenters. The van der Waals surface area contributed by atoms with E-state index in [1.807, 2.05) is 13.1 Å². The molecular weight excluding hydrogens is 400 g/mol. The molecule has 2 aliphatic carbocycles. The van der Waals surface area contributed by atoms with Gasteiger partial charge in [0.05, 0.1) is 17.3 Å². The van der Waals surface area contributed by atoms with E-state index in [0.717, 1.165) is 55.1 Å². The van der Waals surface area contributed by atoms with E-state index in [2.05, 4.69) is 34.5 Å². The Morgan fingerprint density at radius 3 is 2.84 bits per heavy atom. The van der Waals surface area contributed by atoms with Crippen LogP contribution in [0.3, 0.4) is 0 Å². The first-order chi connectivity index (χ1) is 15.6. The van der Waals surface area contributed by atoms with Crippen LogP contribution >= 0.6 is 0 Å². The molecule has 1 saturated heterocycles. The zero-order chi connectivity index (χ0) is 21.9. The van der Waals surface area contributed by atoms with Gasteiger partial charge in [-0.1, -0.05) is 18.2 Å². The molecule has 0 amide bonds. The van der Waals surface area contributed by atoms with Crippen LogP contribution in [-0.2, 0) is 6.42 Å². The largest absolute Gasteiger partial charge is 0.424 e. The summed E-state index contributed by atoms with van der Waals surface area (Å²) in [5, 5.41) is 12.5. The van der Waals surface area contributed by atoms with Crippen molar-refractivity contribution in [2.24, 2.45) is 11.1 Å². The SMILES string of the molecule is CNc1cccc2c1Cc1nc(Oc3cccc(C#N)c3)nc(N3CCC4(CC4N)C3)c1-2. The maximum atomic E-state index is 9.21. The first-order valence-corrected chi connectivity index (χ1v) is 11.0. The van der Waals surface area contributed by atoms with Crippen molar-refractivity contribution in [2.45, 2.75) is 25.3 Å². The summed E-state index contributed by atoms with van der Waals surface area (Å²) < 4.78 is 6.05. The Morgan fingerprint density at radius 1 is 1.25 bits per heavy atom. The molecule has 3 aromatic rings. The van der Waals surface area contributed by atoms with Gasteiger partial charge >= 0.3 is 6.01 Å². The van der Waals surface area contributed by atoms with Crippen LogP contribution in [0.2, 0.25) is 0 Å². The van der Waals surface area contributed by atoms with E-state index in [-0.39, 0.29) is 11.5 Å². The summed E-state index contributed by atoms with van der Waals surface area (Å²) in [5.41, 5.74) is 12.6. The highest BCUT2D eigenvalue weighted by Gasteiger charge is 2.56. The minimum absolute atomic E-state index is 0.230. The number of nitrogens with zero attached hydrogens (tertiary/aromatic N) is 4. The van der Waals surface area contributed by atoms with Crippen LogP contribution in [0.1, 0.15) is 29.7 Å². The second-order valence-corrected chi connectivity index (χ2v) is 9.00. The predicted octanol–water partition coefficient (Wildman–Crippen LogP) is 3.68. The summed E-state index contributed by atoms with van der Waals surface area (Å²) in [4.78, 5) is 12.1. The number of aromatic nitrogens is 2. The average Bonchev–Trinajstić information content (AvgIpc) is 3.13. The lowest BCUT2D eigenvalue weighted by molar-refractivity contribution is 0.440. The summed E-state index contributed by atoms with van der Waals surface area (Å²) in [6.45, 7) is 1.85. The Labute approximate surface area is 186 Å². The molecule has 3 N–H and O–H groups in total. The van der Waals surface area contributed by atoms with Gasteiger partial charge in [-0.2, -0.15) is 15.2 Å². The van der Waals surface area contributed by atoms with Crippen LogP contribution < -0.4 is 20.7 Å². The van der Waals surface area contributed by atoms with E-state index in [1.54, 1.807) is 18.2 Å². The van der Waals surface area contributed by atoms with E-state index in [4.69, 9.17) is 20.4 Å². The molecule has 3 aliphatic rings. The van der Waals surface area contributed by atoms with Gasteiger partial charge < -0.3 is 20.7 Å². The third-order valence-corrected chi connectivity index (χ3v) is 7.11. The predicted molar refractivity (Wildman–Crippen MR) is 123 cm³/mol. The Balaban J connectivity index is 1.44. The molecule has 1 saturated carbocycles. The molecule has 6 rings (SSSR count). The van der Waals surface area contributed by atoms with E-state index >= 15 is 0 Å². The Hall–Kier alpha value is -3.63. The van der Waals surface area contributed by atoms with Crippen molar-refractivity contribution in [2.75, 3.05) is 30.4 Å².